The molecule has 0 bridgehead atoms. The third kappa shape index (κ3) is 6.44. The first-order chi connectivity index (χ1) is 15.9. The number of nitrogens with one attached hydrogen (secondary N) is 1. The molecule has 10 heteroatoms. The van der Waals surface area contributed by atoms with Gasteiger partial charge in [-0.25, -0.2) is 14.3 Å². The van der Waals surface area contributed by atoms with Gasteiger partial charge in [-0.2, -0.15) is 0 Å². The van der Waals surface area contributed by atoms with E-state index in [1.54, 1.807) is 24.3 Å². The molecule has 0 fully saturated rings. The zero-order chi connectivity index (χ0) is 25.1. The van der Waals surface area contributed by atoms with E-state index in [1.165, 1.54) is 37.3 Å². The molecule has 1 aromatic heterocycles. The van der Waals surface area contributed by atoms with Gasteiger partial charge in [0.2, 0.25) is 5.91 Å². The predicted octanol–water partition coefficient (Wildman–Crippen LogP) is 6.41. The molecule has 0 radical (unpaired) electrons. The predicted molar refractivity (Wildman–Crippen MR) is 130 cm³/mol. The Morgan fingerprint density at radius 1 is 1.15 bits per heavy atom. The number of benzene rings is 2. The van der Waals surface area contributed by atoms with Crippen molar-refractivity contribution < 1.29 is 32.9 Å². The Bertz CT molecular complexity index is 1220. The number of fused-ring (bicyclic) bond motifs is 1. The minimum Gasteiger partial charge on any atom is -0.477 e. The fourth-order valence-electron chi connectivity index (χ4n) is 3.02. The number of hydrogen-bond donors (Lipinski definition) is 2. The minimum atomic E-state index is -4.35. The second kappa shape index (κ2) is 10.3. The molecule has 3 aromatic rings. The number of alkyl halides is 1. The third-order valence-electron chi connectivity index (χ3n) is 4.68. The van der Waals surface area contributed by atoms with Crippen LogP contribution < -0.4 is 9.61 Å². The topological polar surface area (TPSA) is 102 Å². The molecule has 0 aliphatic heterocycles. The summed E-state index contributed by atoms with van der Waals surface area (Å²) in [5, 5.41) is 12.3. The number of carboxylic acid groups (broad SMARTS) is 1. The molecular formula is C24H27FNO6PS. The van der Waals surface area contributed by atoms with Crippen molar-refractivity contribution in [2.45, 2.75) is 39.6 Å². The Hall–Kier alpha value is -2.74. The molecule has 34 heavy (non-hydrogen) atoms. The van der Waals surface area contributed by atoms with Crippen molar-refractivity contribution in [2.75, 3.05) is 6.61 Å². The summed E-state index contributed by atoms with van der Waals surface area (Å²) >= 11 is 1.06. The summed E-state index contributed by atoms with van der Waals surface area (Å²) in [5.74, 6) is -3.73. The van der Waals surface area contributed by atoms with E-state index in [9.17, 15) is 19.3 Å². The van der Waals surface area contributed by atoms with Crippen molar-refractivity contribution in [3.05, 3.63) is 65.0 Å². The lowest BCUT2D eigenvalue weighted by Gasteiger charge is -2.27. The lowest BCUT2D eigenvalue weighted by Crippen LogP contribution is -2.36. The number of thiophene rings is 1. The molecule has 3 rings (SSSR count). The molecule has 7 nitrogen and oxygen atoms in total. The van der Waals surface area contributed by atoms with Gasteiger partial charge >= 0.3 is 19.5 Å². The molecule has 1 heterocycles. The number of rotatable bonds is 9. The fraction of sp³-hybridized carbons (Fsp3) is 0.333. The highest BCUT2D eigenvalue weighted by Crippen LogP contribution is 2.58. The molecule has 0 spiro atoms. The van der Waals surface area contributed by atoms with Gasteiger partial charge in [-0.05, 0) is 53.6 Å². The maximum Gasteiger partial charge on any atom is 0.355 e. The van der Waals surface area contributed by atoms with Crippen LogP contribution in [0.5, 0.6) is 5.75 Å². The van der Waals surface area contributed by atoms with Crippen LogP contribution in [-0.2, 0) is 14.1 Å². The first-order valence-electron chi connectivity index (χ1n) is 10.6. The molecule has 0 saturated carbocycles. The van der Waals surface area contributed by atoms with E-state index in [0.29, 0.717) is 10.1 Å². The van der Waals surface area contributed by atoms with E-state index in [2.05, 4.69) is 5.09 Å². The van der Waals surface area contributed by atoms with Gasteiger partial charge in [0, 0.05) is 4.70 Å². The molecule has 0 aliphatic rings. The second-order valence-corrected chi connectivity index (χ2v) is 12.2. The minimum absolute atomic E-state index is 0.0317. The Labute approximate surface area is 201 Å². The summed E-state index contributed by atoms with van der Waals surface area (Å²) in [5.41, 5.74) is -0.239. The number of carbonyl (C=O) groups excluding carboxylic acids is 1. The van der Waals surface area contributed by atoms with Gasteiger partial charge in [-0.1, -0.05) is 45.0 Å². The van der Waals surface area contributed by atoms with Gasteiger partial charge in [0.15, 0.2) is 0 Å². The van der Waals surface area contributed by atoms with Crippen molar-refractivity contribution in [1.82, 2.24) is 5.09 Å². The Morgan fingerprint density at radius 3 is 2.44 bits per heavy atom. The first kappa shape index (κ1) is 25.9. The number of ether oxygens (including phenoxy) is 1. The SMILES string of the molecule is C[C@H](NP(=O)(Oc1ccccc1)[C@@H](F)c1ccc2sc(C(=O)O)cc2c1)C(=O)OCC(C)(C)C. The number of para-hydroxylation sites is 1. The summed E-state index contributed by atoms with van der Waals surface area (Å²) in [6, 6.07) is 12.9. The first-order valence-corrected chi connectivity index (χ1v) is 13.1. The lowest BCUT2D eigenvalue weighted by molar-refractivity contribution is -0.148. The number of hydrogen-bond acceptors (Lipinski definition) is 6. The van der Waals surface area contributed by atoms with Gasteiger partial charge in [0.05, 0.1) is 6.61 Å². The number of aromatic carboxylic acids is 1. The summed E-state index contributed by atoms with van der Waals surface area (Å²) < 4.78 is 41.2. The van der Waals surface area contributed by atoms with Gasteiger partial charge in [-0.3, -0.25) is 9.36 Å². The number of esters is 1. The summed E-state index contributed by atoms with van der Waals surface area (Å²) in [6.07, 6.45) is 0. The van der Waals surface area contributed by atoms with Crippen LogP contribution in [0.4, 0.5) is 4.39 Å². The molecular weight excluding hydrogens is 480 g/mol. The van der Waals surface area contributed by atoms with Crippen LogP contribution in [-0.4, -0.2) is 29.7 Å². The van der Waals surface area contributed by atoms with Crippen molar-refractivity contribution in [3.8, 4) is 5.75 Å². The number of carbonyl (C=O) groups is 2. The lowest BCUT2D eigenvalue weighted by atomic mass is 9.99. The largest absolute Gasteiger partial charge is 0.477 e. The third-order valence-corrected chi connectivity index (χ3v) is 7.91. The standard InChI is InChI=1S/C24H27FNO6PS/c1-15(23(29)31-14-24(2,3)4)26-33(30,32-18-8-6-5-7-9-18)21(25)16-10-11-19-17(12-16)13-20(34-19)22(27)28/h5-13,15,21H,14H2,1-4H3,(H,26,30)(H,27,28)/t15-,21+,33?/m0/s1. The normalized spacial score (nSPS) is 15.3. The molecule has 1 unspecified atom stereocenters. The zero-order valence-corrected chi connectivity index (χ0v) is 21.0. The summed E-state index contributed by atoms with van der Waals surface area (Å²) in [6.45, 7) is 7.27. The van der Waals surface area contributed by atoms with Crippen LogP contribution >= 0.6 is 18.9 Å². The number of carboxylic acids is 1. The van der Waals surface area contributed by atoms with E-state index in [-0.39, 0.29) is 28.2 Å². The van der Waals surface area contributed by atoms with E-state index in [0.717, 1.165) is 11.3 Å². The van der Waals surface area contributed by atoms with Crippen molar-refractivity contribution in [2.24, 2.45) is 5.41 Å². The Kier molecular flexibility index (Phi) is 7.81. The fourth-order valence-corrected chi connectivity index (χ4v) is 5.81. The quantitative estimate of drug-likeness (QED) is 0.255. The van der Waals surface area contributed by atoms with Gasteiger partial charge in [-0.15, -0.1) is 11.3 Å². The van der Waals surface area contributed by atoms with E-state index in [4.69, 9.17) is 9.26 Å². The van der Waals surface area contributed by atoms with Crippen LogP contribution in [0.3, 0.4) is 0 Å². The van der Waals surface area contributed by atoms with Gasteiger partial charge < -0.3 is 14.4 Å². The van der Waals surface area contributed by atoms with Crippen LogP contribution in [0.2, 0.25) is 0 Å². The van der Waals surface area contributed by atoms with Gasteiger partial charge in [0.1, 0.15) is 16.7 Å². The van der Waals surface area contributed by atoms with Crippen molar-refractivity contribution in [3.63, 3.8) is 0 Å². The highest BCUT2D eigenvalue weighted by Gasteiger charge is 2.41. The maximum atomic E-state index is 15.8. The molecule has 0 saturated heterocycles. The van der Waals surface area contributed by atoms with Crippen molar-refractivity contribution >= 4 is 40.9 Å². The Balaban J connectivity index is 1.91. The molecule has 2 N–H and O–H groups in total. The monoisotopic (exact) mass is 507 g/mol. The van der Waals surface area contributed by atoms with Crippen LogP contribution in [0.15, 0.2) is 54.6 Å². The van der Waals surface area contributed by atoms with E-state index >= 15 is 4.39 Å². The highest BCUT2D eigenvalue weighted by molar-refractivity contribution is 7.57. The highest BCUT2D eigenvalue weighted by atomic mass is 32.1. The molecule has 0 amide bonds. The van der Waals surface area contributed by atoms with Crippen LogP contribution in [0.25, 0.3) is 10.1 Å². The molecule has 0 aliphatic carbocycles. The summed E-state index contributed by atoms with van der Waals surface area (Å²) in [7, 11) is -4.35. The van der Waals surface area contributed by atoms with Crippen molar-refractivity contribution in [1.29, 1.82) is 0 Å². The van der Waals surface area contributed by atoms with Gasteiger partial charge in [0.25, 0.3) is 0 Å². The molecule has 2 aromatic carbocycles. The Morgan fingerprint density at radius 2 is 1.82 bits per heavy atom. The van der Waals surface area contributed by atoms with Crippen LogP contribution in [0.1, 0.15) is 48.8 Å². The summed E-state index contributed by atoms with van der Waals surface area (Å²) in [4.78, 5) is 23.9. The maximum absolute atomic E-state index is 15.8. The second-order valence-electron chi connectivity index (χ2n) is 9.07. The van der Waals surface area contributed by atoms with Crippen LogP contribution in [0, 0.1) is 5.41 Å². The smallest absolute Gasteiger partial charge is 0.355 e. The zero-order valence-electron chi connectivity index (χ0n) is 19.3. The average molecular weight is 508 g/mol. The van der Waals surface area contributed by atoms with E-state index in [1.807, 2.05) is 20.8 Å². The average Bonchev–Trinajstić information content (AvgIpc) is 3.20. The molecule has 3 atom stereocenters. The molecule has 182 valence electrons. The van der Waals surface area contributed by atoms with E-state index < -0.39 is 31.4 Å². The number of halogens is 1.